The number of halogens is 3. The van der Waals surface area contributed by atoms with Gasteiger partial charge in [-0.15, -0.1) is 13.2 Å². The van der Waals surface area contributed by atoms with Gasteiger partial charge in [-0.1, -0.05) is 13.3 Å². The molecule has 0 aliphatic heterocycles. The fraction of sp³-hybridized carbons (Fsp3) is 0.533. The van der Waals surface area contributed by atoms with E-state index in [1.54, 1.807) is 0 Å². The molecule has 1 aromatic rings. The molecule has 0 unspecified atom stereocenters. The summed E-state index contributed by atoms with van der Waals surface area (Å²) in [7, 11) is 0. The number of nitrogens with one attached hydrogen (secondary N) is 1. The van der Waals surface area contributed by atoms with Crippen LogP contribution >= 0.6 is 0 Å². The van der Waals surface area contributed by atoms with E-state index in [0.29, 0.717) is 12.2 Å². The van der Waals surface area contributed by atoms with Crippen LogP contribution in [0, 0.1) is 5.41 Å². The van der Waals surface area contributed by atoms with E-state index in [1.165, 1.54) is 43.5 Å². The number of ether oxygens (including phenoxy) is 1. The highest BCUT2D eigenvalue weighted by Crippen LogP contribution is 2.43. The average Bonchev–Trinajstić information content (AvgIpc) is 2.39. The summed E-state index contributed by atoms with van der Waals surface area (Å²) in [6, 6.07) is 5.37. The van der Waals surface area contributed by atoms with Crippen molar-refractivity contribution in [1.29, 1.82) is 0 Å². The van der Waals surface area contributed by atoms with Crippen LogP contribution in [0.5, 0.6) is 5.75 Å². The monoisotopic (exact) mass is 315 g/mol. The van der Waals surface area contributed by atoms with Crippen molar-refractivity contribution in [3.63, 3.8) is 0 Å². The second-order valence-electron chi connectivity index (χ2n) is 5.61. The fourth-order valence-electron chi connectivity index (χ4n) is 2.48. The first kappa shape index (κ1) is 16.5. The number of nitrogens with zero attached hydrogens (tertiary/aromatic N) is 1. The van der Waals surface area contributed by atoms with Gasteiger partial charge in [0.2, 0.25) is 0 Å². The first-order valence-corrected chi connectivity index (χ1v) is 7.25. The molecular weight excluding hydrogens is 295 g/mol. The molecule has 122 valence electrons. The molecule has 1 aromatic carbocycles. The van der Waals surface area contributed by atoms with Crippen LogP contribution in [0.15, 0.2) is 29.3 Å². The molecule has 1 aliphatic rings. The molecule has 7 heteroatoms. The molecule has 0 heterocycles. The van der Waals surface area contributed by atoms with E-state index in [-0.39, 0.29) is 17.1 Å². The molecule has 0 spiro atoms. The average molecular weight is 315 g/mol. The number of hydrogen-bond acceptors (Lipinski definition) is 2. The zero-order valence-corrected chi connectivity index (χ0v) is 12.4. The largest absolute Gasteiger partial charge is 0.573 e. The maximum atomic E-state index is 12.1. The van der Waals surface area contributed by atoms with Crippen LogP contribution < -0.4 is 15.8 Å². The number of alkyl halides is 3. The van der Waals surface area contributed by atoms with Gasteiger partial charge in [0, 0.05) is 12.2 Å². The van der Waals surface area contributed by atoms with Crippen molar-refractivity contribution in [1.82, 2.24) is 0 Å². The highest BCUT2D eigenvalue weighted by atomic mass is 19.4. The van der Waals surface area contributed by atoms with Gasteiger partial charge < -0.3 is 15.8 Å². The lowest BCUT2D eigenvalue weighted by Gasteiger charge is -2.40. The lowest BCUT2D eigenvalue weighted by molar-refractivity contribution is -0.274. The highest BCUT2D eigenvalue weighted by molar-refractivity contribution is 5.92. The molecule has 4 nitrogen and oxygen atoms in total. The van der Waals surface area contributed by atoms with Gasteiger partial charge in [-0.2, -0.15) is 0 Å². The first-order chi connectivity index (χ1) is 10.3. The molecule has 0 atom stereocenters. The van der Waals surface area contributed by atoms with E-state index in [9.17, 15) is 13.2 Å². The number of guanidine groups is 1. The van der Waals surface area contributed by atoms with Crippen molar-refractivity contribution in [2.45, 2.75) is 39.0 Å². The third-order valence-corrected chi connectivity index (χ3v) is 4.11. The van der Waals surface area contributed by atoms with E-state index < -0.39 is 6.36 Å². The minimum atomic E-state index is -4.69. The number of hydrogen-bond donors (Lipinski definition) is 2. The lowest BCUT2D eigenvalue weighted by atomic mass is 9.67. The van der Waals surface area contributed by atoms with Crippen LogP contribution in [0.3, 0.4) is 0 Å². The van der Waals surface area contributed by atoms with E-state index in [2.05, 4.69) is 22.0 Å². The third kappa shape index (κ3) is 4.54. The third-order valence-electron chi connectivity index (χ3n) is 4.11. The Bertz CT molecular complexity index is 516. The van der Waals surface area contributed by atoms with Crippen molar-refractivity contribution >= 4 is 11.6 Å². The van der Waals surface area contributed by atoms with E-state index in [4.69, 9.17) is 5.73 Å². The van der Waals surface area contributed by atoms with Crippen molar-refractivity contribution < 1.29 is 17.9 Å². The van der Waals surface area contributed by atoms with Crippen molar-refractivity contribution in [3.05, 3.63) is 24.3 Å². The fourth-order valence-corrected chi connectivity index (χ4v) is 2.48. The van der Waals surface area contributed by atoms with Gasteiger partial charge in [-0.3, -0.25) is 4.99 Å². The standard InChI is InChI=1S/C15H20F3N3O/c1-2-14(8-3-9-14)10-20-13(19)21-11-4-6-12(7-5-11)22-15(16,17)18/h4-7H,2-3,8-10H2,1H3,(H3,19,20,21). The summed E-state index contributed by atoms with van der Waals surface area (Å²) < 4.78 is 40.0. The zero-order valence-electron chi connectivity index (χ0n) is 12.4. The highest BCUT2D eigenvalue weighted by Gasteiger charge is 2.34. The lowest BCUT2D eigenvalue weighted by Crippen LogP contribution is -2.33. The van der Waals surface area contributed by atoms with Gasteiger partial charge in [0.1, 0.15) is 5.75 Å². The van der Waals surface area contributed by atoms with Crippen molar-refractivity contribution in [3.8, 4) is 5.75 Å². The Hall–Kier alpha value is -1.92. The van der Waals surface area contributed by atoms with Gasteiger partial charge in [0.25, 0.3) is 0 Å². The quantitative estimate of drug-likeness (QED) is 0.640. The zero-order chi connectivity index (χ0) is 16.2. The summed E-state index contributed by atoms with van der Waals surface area (Å²) in [6.07, 6.45) is -0.0369. The van der Waals surface area contributed by atoms with Crippen molar-refractivity contribution in [2.24, 2.45) is 16.1 Å². The molecule has 0 bridgehead atoms. The van der Waals surface area contributed by atoms with Gasteiger partial charge in [0.15, 0.2) is 5.96 Å². The van der Waals surface area contributed by atoms with Gasteiger partial charge >= 0.3 is 6.36 Å². The Morgan fingerprint density at radius 1 is 1.32 bits per heavy atom. The summed E-state index contributed by atoms with van der Waals surface area (Å²) in [5.74, 6) is -0.00261. The summed E-state index contributed by atoms with van der Waals surface area (Å²) in [5.41, 5.74) is 6.65. The number of nitrogens with two attached hydrogens (primary N) is 1. The Balaban J connectivity index is 1.90. The number of benzene rings is 1. The maximum Gasteiger partial charge on any atom is 0.573 e. The van der Waals surface area contributed by atoms with Gasteiger partial charge in [-0.25, -0.2) is 0 Å². The Morgan fingerprint density at radius 3 is 2.41 bits per heavy atom. The number of rotatable bonds is 5. The normalized spacial score (nSPS) is 17.7. The molecule has 0 radical (unpaired) electrons. The van der Waals surface area contributed by atoms with Crippen LogP contribution in [0.2, 0.25) is 0 Å². The maximum absolute atomic E-state index is 12.1. The topological polar surface area (TPSA) is 59.6 Å². The van der Waals surface area contributed by atoms with Crippen LogP contribution in [0.1, 0.15) is 32.6 Å². The summed E-state index contributed by atoms with van der Waals surface area (Å²) in [5, 5.41) is 2.87. The molecular formula is C15H20F3N3O. The van der Waals surface area contributed by atoms with Gasteiger partial charge in [-0.05, 0) is 48.9 Å². The van der Waals surface area contributed by atoms with Crippen LogP contribution in [0.25, 0.3) is 0 Å². The van der Waals surface area contributed by atoms with Crippen LogP contribution in [0.4, 0.5) is 18.9 Å². The molecule has 1 fully saturated rings. The number of anilines is 1. The van der Waals surface area contributed by atoms with E-state index in [0.717, 1.165) is 6.42 Å². The first-order valence-electron chi connectivity index (χ1n) is 7.25. The predicted octanol–water partition coefficient (Wildman–Crippen LogP) is 3.89. The molecule has 0 amide bonds. The molecule has 1 saturated carbocycles. The molecule has 22 heavy (non-hydrogen) atoms. The number of aliphatic imine (C=N–C) groups is 1. The smallest absolute Gasteiger partial charge is 0.406 e. The van der Waals surface area contributed by atoms with Gasteiger partial charge in [0.05, 0.1) is 0 Å². The minimum Gasteiger partial charge on any atom is -0.406 e. The predicted molar refractivity (Wildman–Crippen MR) is 79.8 cm³/mol. The van der Waals surface area contributed by atoms with Crippen LogP contribution in [-0.4, -0.2) is 18.9 Å². The van der Waals surface area contributed by atoms with Crippen LogP contribution in [-0.2, 0) is 0 Å². The van der Waals surface area contributed by atoms with Crippen molar-refractivity contribution in [2.75, 3.05) is 11.9 Å². The summed E-state index contributed by atoms with van der Waals surface area (Å²) >= 11 is 0. The Labute approximate surface area is 127 Å². The second-order valence-corrected chi connectivity index (χ2v) is 5.61. The molecule has 1 aliphatic carbocycles. The SMILES string of the molecule is CCC1(CN=C(N)Nc2ccc(OC(F)(F)F)cc2)CCC1. The molecule has 0 aromatic heterocycles. The Morgan fingerprint density at radius 2 is 1.95 bits per heavy atom. The van der Waals surface area contributed by atoms with E-state index >= 15 is 0 Å². The molecule has 0 saturated heterocycles. The summed E-state index contributed by atoms with van der Waals surface area (Å²) in [4.78, 5) is 4.34. The summed E-state index contributed by atoms with van der Waals surface area (Å²) in [6.45, 7) is 2.83. The minimum absolute atomic E-state index is 0.268. The molecule has 3 N–H and O–H groups in total. The molecule has 2 rings (SSSR count). The second kappa shape index (κ2) is 6.46. The van der Waals surface area contributed by atoms with E-state index in [1.807, 2.05) is 0 Å². The Kier molecular flexibility index (Phi) is 4.83.